The van der Waals surface area contributed by atoms with E-state index < -0.39 is 0 Å². The second-order valence-corrected chi connectivity index (χ2v) is 4.97. The molecule has 0 bridgehead atoms. The first-order valence-electron chi connectivity index (χ1n) is 6.26. The van der Waals surface area contributed by atoms with E-state index in [9.17, 15) is 4.79 Å². The van der Waals surface area contributed by atoms with Crippen LogP contribution in [0.2, 0.25) is 0 Å². The van der Waals surface area contributed by atoms with Crippen molar-refractivity contribution in [3.8, 4) is 0 Å². The van der Waals surface area contributed by atoms with E-state index in [0.717, 1.165) is 17.7 Å². The summed E-state index contributed by atoms with van der Waals surface area (Å²) in [5.41, 5.74) is 2.40. The molecule has 6 nitrogen and oxygen atoms in total. The van der Waals surface area contributed by atoms with Crippen LogP contribution in [0.3, 0.4) is 0 Å². The summed E-state index contributed by atoms with van der Waals surface area (Å²) in [5, 5.41) is 9.97. The Morgan fingerprint density at radius 1 is 1.44 bits per heavy atom. The summed E-state index contributed by atoms with van der Waals surface area (Å²) in [5.74, 6) is -0.123. The van der Waals surface area contributed by atoms with Crippen LogP contribution in [0.1, 0.15) is 41.7 Å². The van der Waals surface area contributed by atoms with E-state index in [1.54, 1.807) is 0 Å². The molecule has 0 spiro atoms. The van der Waals surface area contributed by atoms with Gasteiger partial charge in [0, 0.05) is 12.0 Å². The zero-order valence-electron chi connectivity index (χ0n) is 10.5. The molecule has 1 aromatic rings. The number of carbonyl (C=O) groups is 1. The molecule has 3 heterocycles. The zero-order valence-corrected chi connectivity index (χ0v) is 10.5. The molecule has 2 aliphatic heterocycles. The molecule has 1 aromatic heterocycles. The Kier molecular flexibility index (Phi) is 2.83. The highest BCUT2D eigenvalue weighted by Gasteiger charge is 2.31. The van der Waals surface area contributed by atoms with E-state index in [4.69, 9.17) is 9.47 Å². The SMILES string of the molecule is C[C@@H]1Cc2c(C(=O)NC3COC3)n[nH]c2[C@H](C)O1. The Hall–Kier alpha value is -1.40. The van der Waals surface area contributed by atoms with Gasteiger partial charge in [0.15, 0.2) is 5.69 Å². The van der Waals surface area contributed by atoms with Crippen LogP contribution in [0.5, 0.6) is 0 Å². The molecule has 0 aromatic carbocycles. The first-order valence-corrected chi connectivity index (χ1v) is 6.26. The third-order valence-electron chi connectivity index (χ3n) is 3.42. The molecule has 3 rings (SSSR count). The van der Waals surface area contributed by atoms with Gasteiger partial charge >= 0.3 is 0 Å². The Labute approximate surface area is 105 Å². The molecule has 0 aliphatic carbocycles. The van der Waals surface area contributed by atoms with Crippen molar-refractivity contribution in [3.05, 3.63) is 17.0 Å². The predicted octanol–water partition coefficient (Wildman–Crippen LogP) is 0.560. The molecule has 0 unspecified atom stereocenters. The number of rotatable bonds is 2. The summed E-state index contributed by atoms with van der Waals surface area (Å²) >= 11 is 0. The van der Waals surface area contributed by atoms with Crippen molar-refractivity contribution in [2.24, 2.45) is 0 Å². The van der Waals surface area contributed by atoms with E-state index in [-0.39, 0.29) is 24.2 Å². The smallest absolute Gasteiger partial charge is 0.272 e. The summed E-state index contributed by atoms with van der Waals surface area (Å²) in [7, 11) is 0. The number of nitrogens with zero attached hydrogens (tertiary/aromatic N) is 1. The summed E-state index contributed by atoms with van der Waals surface area (Å²) in [6.07, 6.45) is 0.800. The van der Waals surface area contributed by atoms with Crippen LogP contribution in [0.4, 0.5) is 0 Å². The van der Waals surface area contributed by atoms with Gasteiger partial charge in [-0.25, -0.2) is 0 Å². The fourth-order valence-electron chi connectivity index (χ4n) is 2.43. The Balaban J connectivity index is 1.82. The second kappa shape index (κ2) is 4.37. The van der Waals surface area contributed by atoms with Gasteiger partial charge in [0.1, 0.15) is 0 Å². The van der Waals surface area contributed by atoms with Crippen LogP contribution < -0.4 is 5.32 Å². The lowest BCUT2D eigenvalue weighted by Crippen LogP contribution is -2.48. The standard InChI is InChI=1S/C12H17N3O3/c1-6-3-9-10(7(2)18-6)14-15-11(9)12(16)13-8-4-17-5-8/h6-8H,3-5H2,1-2H3,(H,13,16)(H,14,15)/t6-,7+/m1/s1. The Morgan fingerprint density at radius 2 is 2.22 bits per heavy atom. The number of hydrogen-bond donors (Lipinski definition) is 2. The number of aromatic nitrogens is 2. The highest BCUT2D eigenvalue weighted by atomic mass is 16.5. The van der Waals surface area contributed by atoms with Crippen molar-refractivity contribution in [1.82, 2.24) is 15.5 Å². The van der Waals surface area contributed by atoms with Gasteiger partial charge in [0.05, 0.1) is 37.2 Å². The minimum absolute atomic E-state index is 0.0372. The van der Waals surface area contributed by atoms with E-state index in [0.29, 0.717) is 18.9 Å². The molecule has 1 fully saturated rings. The molecule has 0 radical (unpaired) electrons. The first kappa shape index (κ1) is 11.7. The van der Waals surface area contributed by atoms with Gasteiger partial charge in [-0.2, -0.15) is 5.10 Å². The molecule has 2 atom stereocenters. The number of hydrogen-bond acceptors (Lipinski definition) is 4. The second-order valence-electron chi connectivity index (χ2n) is 4.97. The Morgan fingerprint density at radius 3 is 2.89 bits per heavy atom. The lowest BCUT2D eigenvalue weighted by molar-refractivity contribution is -0.00747. The van der Waals surface area contributed by atoms with Crippen molar-refractivity contribution in [3.63, 3.8) is 0 Å². The fraction of sp³-hybridized carbons (Fsp3) is 0.667. The average molecular weight is 251 g/mol. The van der Waals surface area contributed by atoms with Crippen LogP contribution in [-0.2, 0) is 15.9 Å². The van der Waals surface area contributed by atoms with Crippen LogP contribution >= 0.6 is 0 Å². The van der Waals surface area contributed by atoms with Gasteiger partial charge in [-0.1, -0.05) is 0 Å². The van der Waals surface area contributed by atoms with Crippen molar-refractivity contribution in [2.45, 2.75) is 38.5 Å². The Bertz CT molecular complexity index is 467. The number of amides is 1. The minimum atomic E-state index is -0.123. The van der Waals surface area contributed by atoms with E-state index >= 15 is 0 Å². The molecule has 2 N–H and O–H groups in total. The largest absolute Gasteiger partial charge is 0.377 e. The van der Waals surface area contributed by atoms with Crippen molar-refractivity contribution < 1.29 is 14.3 Å². The van der Waals surface area contributed by atoms with Gasteiger partial charge in [-0.05, 0) is 13.8 Å². The number of fused-ring (bicyclic) bond motifs is 1. The highest BCUT2D eigenvalue weighted by Crippen LogP contribution is 2.30. The van der Waals surface area contributed by atoms with E-state index in [1.165, 1.54) is 0 Å². The van der Waals surface area contributed by atoms with E-state index in [2.05, 4.69) is 15.5 Å². The summed E-state index contributed by atoms with van der Waals surface area (Å²) in [6.45, 7) is 5.16. The van der Waals surface area contributed by atoms with Crippen molar-refractivity contribution in [2.75, 3.05) is 13.2 Å². The quantitative estimate of drug-likeness (QED) is 0.805. The maximum absolute atomic E-state index is 12.1. The molecule has 1 amide bonds. The molecule has 98 valence electrons. The van der Waals surface area contributed by atoms with Crippen molar-refractivity contribution >= 4 is 5.91 Å². The van der Waals surface area contributed by atoms with Gasteiger partial charge in [-0.3, -0.25) is 9.89 Å². The number of carbonyl (C=O) groups excluding carboxylic acids is 1. The number of aromatic amines is 1. The predicted molar refractivity (Wildman–Crippen MR) is 63.3 cm³/mol. The highest BCUT2D eigenvalue weighted by molar-refractivity contribution is 5.94. The van der Waals surface area contributed by atoms with Gasteiger partial charge in [0.2, 0.25) is 0 Å². The van der Waals surface area contributed by atoms with Crippen LogP contribution in [0, 0.1) is 0 Å². The molecule has 2 aliphatic rings. The molecular weight excluding hydrogens is 234 g/mol. The lowest BCUT2D eigenvalue weighted by atomic mass is 9.99. The van der Waals surface area contributed by atoms with Gasteiger partial charge < -0.3 is 14.8 Å². The lowest BCUT2D eigenvalue weighted by Gasteiger charge is -2.27. The average Bonchev–Trinajstić information content (AvgIpc) is 2.67. The third-order valence-corrected chi connectivity index (χ3v) is 3.42. The monoisotopic (exact) mass is 251 g/mol. The van der Waals surface area contributed by atoms with Crippen LogP contribution in [0.15, 0.2) is 0 Å². The molecule has 18 heavy (non-hydrogen) atoms. The molecule has 6 heteroatoms. The van der Waals surface area contributed by atoms with Gasteiger partial charge in [-0.15, -0.1) is 0 Å². The summed E-state index contributed by atoms with van der Waals surface area (Å²) in [4.78, 5) is 12.1. The van der Waals surface area contributed by atoms with E-state index in [1.807, 2.05) is 13.8 Å². The third kappa shape index (κ3) is 1.91. The summed E-state index contributed by atoms with van der Waals surface area (Å²) < 4.78 is 10.7. The molecular formula is C12H17N3O3. The summed E-state index contributed by atoms with van der Waals surface area (Å²) in [6, 6.07) is 0.125. The molecule has 0 saturated carbocycles. The number of ether oxygens (including phenoxy) is 2. The number of H-pyrrole nitrogens is 1. The van der Waals surface area contributed by atoms with Crippen LogP contribution in [-0.4, -0.2) is 41.5 Å². The zero-order chi connectivity index (χ0) is 12.7. The molecule has 1 saturated heterocycles. The topological polar surface area (TPSA) is 76.2 Å². The van der Waals surface area contributed by atoms with Gasteiger partial charge in [0.25, 0.3) is 5.91 Å². The minimum Gasteiger partial charge on any atom is -0.377 e. The fourth-order valence-corrected chi connectivity index (χ4v) is 2.43. The number of nitrogens with one attached hydrogen (secondary N) is 2. The van der Waals surface area contributed by atoms with Crippen LogP contribution in [0.25, 0.3) is 0 Å². The maximum atomic E-state index is 12.1. The van der Waals surface area contributed by atoms with Crippen molar-refractivity contribution in [1.29, 1.82) is 0 Å². The maximum Gasteiger partial charge on any atom is 0.272 e. The normalized spacial score (nSPS) is 27.4. The first-order chi connectivity index (χ1) is 8.65.